The lowest BCUT2D eigenvalue weighted by Gasteiger charge is -2.36. The van der Waals surface area contributed by atoms with E-state index in [0.29, 0.717) is 19.4 Å². The standard InChI is InChI=1S/C24H33N3O3S2/c28-23-24(10-4-1-5-11-24)32(29,30)19-27(23)13-7-6-12-25-14-16-26(17-15-25)21-18-31-22-9-3-2-8-20(21)22/h2-3,8-9,18H,1,4-7,10-17,19H2. The summed E-state index contributed by atoms with van der Waals surface area (Å²) < 4.78 is 25.8. The fourth-order valence-corrected chi connectivity index (χ4v) is 8.86. The molecule has 174 valence electrons. The number of piperazine rings is 1. The van der Waals surface area contributed by atoms with Crippen LogP contribution in [0.4, 0.5) is 5.69 Å². The maximum atomic E-state index is 13.0. The highest BCUT2D eigenvalue weighted by Gasteiger charge is 2.58. The number of unbranched alkanes of at least 4 members (excludes halogenated alkanes) is 1. The molecule has 0 bridgehead atoms. The Hall–Kier alpha value is -1.64. The molecular formula is C24H33N3O3S2. The minimum Gasteiger partial charge on any atom is -0.368 e. The molecule has 1 aromatic heterocycles. The van der Waals surface area contributed by atoms with Gasteiger partial charge in [-0.25, -0.2) is 8.42 Å². The van der Waals surface area contributed by atoms with Gasteiger partial charge in [0.1, 0.15) is 5.88 Å². The molecule has 1 aliphatic carbocycles. The zero-order valence-corrected chi connectivity index (χ0v) is 20.3. The van der Waals surface area contributed by atoms with E-state index in [-0.39, 0.29) is 11.8 Å². The van der Waals surface area contributed by atoms with Crippen LogP contribution in [0.3, 0.4) is 0 Å². The Labute approximate surface area is 195 Å². The molecule has 2 aromatic rings. The van der Waals surface area contributed by atoms with Crippen molar-refractivity contribution in [1.29, 1.82) is 0 Å². The average Bonchev–Trinajstić information content (AvgIpc) is 3.32. The summed E-state index contributed by atoms with van der Waals surface area (Å²) in [6.45, 7) is 5.74. The number of carbonyl (C=O) groups is 1. The lowest BCUT2D eigenvalue weighted by Crippen LogP contribution is -2.46. The van der Waals surface area contributed by atoms with Crippen molar-refractivity contribution in [3.63, 3.8) is 0 Å². The number of benzene rings is 1. The van der Waals surface area contributed by atoms with Gasteiger partial charge in [-0.3, -0.25) is 9.69 Å². The molecule has 0 atom stereocenters. The summed E-state index contributed by atoms with van der Waals surface area (Å²) in [5.41, 5.74) is 1.36. The largest absolute Gasteiger partial charge is 0.368 e. The van der Waals surface area contributed by atoms with Crippen LogP contribution in [-0.4, -0.2) is 74.0 Å². The maximum Gasteiger partial charge on any atom is 0.244 e. The summed E-state index contributed by atoms with van der Waals surface area (Å²) >= 11 is 1.82. The zero-order chi connectivity index (χ0) is 22.2. The molecule has 3 fully saturated rings. The van der Waals surface area contributed by atoms with Crippen LogP contribution in [-0.2, 0) is 14.6 Å². The first-order valence-electron chi connectivity index (χ1n) is 12.0. The van der Waals surface area contributed by atoms with Crippen molar-refractivity contribution in [3.8, 4) is 0 Å². The zero-order valence-electron chi connectivity index (χ0n) is 18.7. The summed E-state index contributed by atoms with van der Waals surface area (Å²) in [6, 6.07) is 8.61. The van der Waals surface area contributed by atoms with Gasteiger partial charge >= 0.3 is 0 Å². The summed E-state index contributed by atoms with van der Waals surface area (Å²) in [5, 5.41) is 3.63. The minimum absolute atomic E-state index is 0.0703. The highest BCUT2D eigenvalue weighted by atomic mass is 32.2. The fourth-order valence-electron chi connectivity index (χ4n) is 5.68. The minimum atomic E-state index is -3.35. The van der Waals surface area contributed by atoms with Gasteiger partial charge in [0.05, 0.1) is 5.69 Å². The summed E-state index contributed by atoms with van der Waals surface area (Å²) in [7, 11) is -3.35. The smallest absolute Gasteiger partial charge is 0.244 e. The summed E-state index contributed by atoms with van der Waals surface area (Å²) in [5.74, 6) is -0.187. The van der Waals surface area contributed by atoms with Crippen molar-refractivity contribution in [3.05, 3.63) is 29.6 Å². The molecule has 1 saturated carbocycles. The van der Waals surface area contributed by atoms with E-state index in [9.17, 15) is 13.2 Å². The van der Waals surface area contributed by atoms with Gasteiger partial charge < -0.3 is 9.80 Å². The number of sulfone groups is 1. The van der Waals surface area contributed by atoms with Gasteiger partial charge in [-0.05, 0) is 38.3 Å². The normalized spacial score (nSPS) is 23.4. The molecule has 0 radical (unpaired) electrons. The van der Waals surface area contributed by atoms with Gasteiger partial charge in [-0.1, -0.05) is 37.5 Å². The van der Waals surface area contributed by atoms with Gasteiger partial charge in [0.15, 0.2) is 14.6 Å². The van der Waals surface area contributed by atoms with E-state index < -0.39 is 14.6 Å². The Morgan fingerprint density at radius 3 is 2.44 bits per heavy atom. The molecule has 1 spiro atoms. The Balaban J connectivity index is 1.08. The molecule has 2 saturated heterocycles. The van der Waals surface area contributed by atoms with Crippen LogP contribution in [0.25, 0.3) is 10.1 Å². The van der Waals surface area contributed by atoms with E-state index >= 15 is 0 Å². The van der Waals surface area contributed by atoms with Crippen molar-refractivity contribution < 1.29 is 13.2 Å². The first-order valence-corrected chi connectivity index (χ1v) is 14.5. The molecule has 5 rings (SSSR count). The topological polar surface area (TPSA) is 60.9 Å². The Morgan fingerprint density at radius 2 is 1.66 bits per heavy atom. The Bertz CT molecular complexity index is 1070. The monoisotopic (exact) mass is 475 g/mol. The van der Waals surface area contributed by atoms with E-state index in [1.165, 1.54) is 15.8 Å². The maximum absolute atomic E-state index is 13.0. The van der Waals surface area contributed by atoms with E-state index in [1.807, 2.05) is 11.3 Å². The number of rotatable bonds is 6. The van der Waals surface area contributed by atoms with Crippen LogP contribution in [0.1, 0.15) is 44.9 Å². The Morgan fingerprint density at radius 1 is 0.938 bits per heavy atom. The molecule has 2 aliphatic heterocycles. The number of nitrogens with zero attached hydrogens (tertiary/aromatic N) is 3. The van der Waals surface area contributed by atoms with E-state index in [2.05, 4.69) is 39.4 Å². The van der Waals surface area contributed by atoms with Crippen LogP contribution < -0.4 is 4.90 Å². The number of anilines is 1. The SMILES string of the molecule is O=C1N(CCCCN2CCN(c3csc4ccccc34)CC2)CS(=O)(=O)C12CCCCC2. The lowest BCUT2D eigenvalue weighted by atomic mass is 9.87. The molecule has 0 unspecified atom stereocenters. The third-order valence-electron chi connectivity index (χ3n) is 7.59. The van der Waals surface area contributed by atoms with Crippen molar-refractivity contribution in [2.75, 3.05) is 50.0 Å². The Kier molecular flexibility index (Phi) is 6.20. The van der Waals surface area contributed by atoms with Gasteiger partial charge in [0.25, 0.3) is 0 Å². The van der Waals surface area contributed by atoms with Crippen LogP contribution in [0, 0.1) is 0 Å². The quantitative estimate of drug-likeness (QED) is 0.596. The highest BCUT2D eigenvalue weighted by molar-refractivity contribution is 7.94. The third-order valence-corrected chi connectivity index (χ3v) is 11.0. The molecule has 8 heteroatoms. The number of fused-ring (bicyclic) bond motifs is 1. The highest BCUT2D eigenvalue weighted by Crippen LogP contribution is 2.41. The molecule has 1 aromatic carbocycles. The molecule has 1 amide bonds. The number of hydrogen-bond acceptors (Lipinski definition) is 6. The van der Waals surface area contributed by atoms with Crippen molar-refractivity contribution in [2.24, 2.45) is 0 Å². The van der Waals surface area contributed by atoms with Crippen molar-refractivity contribution >= 4 is 42.9 Å². The third kappa shape index (κ3) is 3.94. The molecular weight excluding hydrogens is 442 g/mol. The van der Waals surface area contributed by atoms with Gasteiger partial charge in [-0.15, -0.1) is 11.3 Å². The van der Waals surface area contributed by atoms with Crippen molar-refractivity contribution in [2.45, 2.75) is 49.7 Å². The number of carbonyl (C=O) groups excluding carboxylic acids is 1. The summed E-state index contributed by atoms with van der Waals surface area (Å²) in [6.07, 6.45) is 5.66. The van der Waals surface area contributed by atoms with Crippen LogP contribution >= 0.6 is 11.3 Å². The number of thiophene rings is 1. The molecule has 0 N–H and O–H groups in total. The first kappa shape index (κ1) is 22.2. The lowest BCUT2D eigenvalue weighted by molar-refractivity contribution is -0.132. The average molecular weight is 476 g/mol. The molecule has 3 aliphatic rings. The second-order valence-electron chi connectivity index (χ2n) is 9.52. The predicted molar refractivity (Wildman–Crippen MR) is 131 cm³/mol. The predicted octanol–water partition coefficient (Wildman–Crippen LogP) is 3.72. The van der Waals surface area contributed by atoms with E-state index in [4.69, 9.17) is 0 Å². The molecule has 32 heavy (non-hydrogen) atoms. The van der Waals surface area contributed by atoms with Gasteiger partial charge in [0.2, 0.25) is 5.91 Å². The molecule has 3 heterocycles. The fraction of sp³-hybridized carbons (Fsp3) is 0.625. The first-order chi connectivity index (χ1) is 15.5. The van der Waals surface area contributed by atoms with E-state index in [0.717, 1.165) is 64.8 Å². The number of hydrogen-bond donors (Lipinski definition) is 0. The second kappa shape index (κ2) is 8.95. The van der Waals surface area contributed by atoms with Crippen LogP contribution in [0.15, 0.2) is 29.6 Å². The summed E-state index contributed by atoms with van der Waals surface area (Å²) in [4.78, 5) is 19.6. The van der Waals surface area contributed by atoms with Crippen molar-refractivity contribution in [1.82, 2.24) is 9.80 Å². The second-order valence-corrected chi connectivity index (χ2v) is 12.7. The van der Waals surface area contributed by atoms with Crippen LogP contribution in [0.5, 0.6) is 0 Å². The number of amides is 1. The van der Waals surface area contributed by atoms with Gasteiger partial charge in [-0.2, -0.15) is 0 Å². The van der Waals surface area contributed by atoms with Gasteiger partial charge in [0, 0.05) is 48.2 Å². The molecule has 6 nitrogen and oxygen atoms in total. The van der Waals surface area contributed by atoms with E-state index in [1.54, 1.807) is 4.90 Å². The van der Waals surface area contributed by atoms with Crippen LogP contribution in [0.2, 0.25) is 0 Å².